The number of carbonyl (C=O) groups excluding carboxylic acids is 1. The Morgan fingerprint density at radius 2 is 1.71 bits per heavy atom. The zero-order chi connectivity index (χ0) is 17.6. The summed E-state index contributed by atoms with van der Waals surface area (Å²) in [5, 5.41) is 2.95. The number of benzene rings is 1. The Bertz CT molecular complexity index is 633. The van der Waals surface area contributed by atoms with Gasteiger partial charge in [0.1, 0.15) is 0 Å². The number of rotatable bonds is 8. The lowest BCUT2D eigenvalue weighted by Crippen LogP contribution is -2.31. The minimum Gasteiger partial charge on any atom is -0.352 e. The monoisotopic (exact) mass is 352 g/mol. The summed E-state index contributed by atoms with van der Waals surface area (Å²) in [6.45, 7) is 4.09. The van der Waals surface area contributed by atoms with Crippen LogP contribution in [0.5, 0.6) is 0 Å². The van der Waals surface area contributed by atoms with E-state index in [0.29, 0.717) is 18.9 Å². The Hall–Kier alpha value is -1.40. The fourth-order valence-electron chi connectivity index (χ4n) is 3.12. The van der Waals surface area contributed by atoms with Crippen LogP contribution in [0.25, 0.3) is 0 Å². The summed E-state index contributed by atoms with van der Waals surface area (Å²) in [6, 6.07) is 7.24. The summed E-state index contributed by atoms with van der Waals surface area (Å²) >= 11 is 0. The zero-order valence-electron chi connectivity index (χ0n) is 14.5. The van der Waals surface area contributed by atoms with Gasteiger partial charge in [0.2, 0.25) is 15.9 Å². The van der Waals surface area contributed by atoms with Crippen molar-refractivity contribution in [2.75, 3.05) is 0 Å². The second-order valence-electron chi connectivity index (χ2n) is 6.98. The van der Waals surface area contributed by atoms with Crippen molar-refractivity contribution in [2.45, 2.75) is 64.3 Å². The van der Waals surface area contributed by atoms with Gasteiger partial charge in [-0.15, -0.1) is 0 Å². The van der Waals surface area contributed by atoms with Gasteiger partial charge in [0.15, 0.2) is 0 Å². The van der Waals surface area contributed by atoms with Crippen LogP contribution in [0.2, 0.25) is 0 Å². The van der Waals surface area contributed by atoms with E-state index < -0.39 is 10.0 Å². The van der Waals surface area contributed by atoms with Gasteiger partial charge in [0.25, 0.3) is 0 Å². The van der Waals surface area contributed by atoms with Crippen LogP contribution >= 0.6 is 0 Å². The van der Waals surface area contributed by atoms with Crippen LogP contribution in [0.4, 0.5) is 0 Å². The van der Waals surface area contributed by atoms with E-state index in [1.54, 1.807) is 26.0 Å². The van der Waals surface area contributed by atoms with Crippen molar-refractivity contribution in [3.05, 3.63) is 35.4 Å². The second kappa shape index (κ2) is 8.62. The standard InChI is InChI=1S/C18H28N2O3S/c1-14(2)20-24(22,23)13-17-9-7-16(8-10-17)12-19-18(21)11-15-5-3-4-6-15/h7-10,14-15,20H,3-6,11-13H2,1-2H3,(H,19,21). The van der Waals surface area contributed by atoms with E-state index >= 15 is 0 Å². The first-order chi connectivity index (χ1) is 11.3. The van der Waals surface area contributed by atoms with E-state index in [-0.39, 0.29) is 17.7 Å². The minimum absolute atomic E-state index is 0.0283. The molecule has 1 aromatic rings. The third-order valence-electron chi connectivity index (χ3n) is 4.23. The molecule has 2 rings (SSSR count). The van der Waals surface area contributed by atoms with Crippen molar-refractivity contribution in [1.29, 1.82) is 0 Å². The highest BCUT2D eigenvalue weighted by Crippen LogP contribution is 2.27. The minimum atomic E-state index is -3.31. The molecule has 1 aliphatic rings. The molecule has 0 aromatic heterocycles. The summed E-state index contributed by atoms with van der Waals surface area (Å²) in [7, 11) is -3.31. The van der Waals surface area contributed by atoms with Crippen LogP contribution in [0.3, 0.4) is 0 Å². The third kappa shape index (κ3) is 6.61. The molecule has 1 aromatic carbocycles. The molecule has 0 unspecified atom stereocenters. The number of amides is 1. The van der Waals surface area contributed by atoms with Gasteiger partial charge in [-0.1, -0.05) is 37.1 Å². The number of nitrogens with one attached hydrogen (secondary N) is 2. The van der Waals surface area contributed by atoms with Gasteiger partial charge < -0.3 is 5.32 Å². The van der Waals surface area contributed by atoms with E-state index in [0.717, 1.165) is 11.1 Å². The van der Waals surface area contributed by atoms with E-state index in [9.17, 15) is 13.2 Å². The zero-order valence-corrected chi connectivity index (χ0v) is 15.4. The molecule has 0 bridgehead atoms. The molecule has 0 radical (unpaired) electrons. The van der Waals surface area contributed by atoms with Gasteiger partial charge in [0, 0.05) is 19.0 Å². The average Bonchev–Trinajstić information content (AvgIpc) is 2.97. The molecule has 5 nitrogen and oxygen atoms in total. The Morgan fingerprint density at radius 1 is 1.12 bits per heavy atom. The van der Waals surface area contributed by atoms with Gasteiger partial charge in [-0.25, -0.2) is 13.1 Å². The number of carbonyl (C=O) groups is 1. The maximum atomic E-state index is 11.9. The van der Waals surface area contributed by atoms with Crippen LogP contribution in [-0.2, 0) is 27.1 Å². The molecule has 0 atom stereocenters. The maximum absolute atomic E-state index is 11.9. The average molecular weight is 353 g/mol. The molecule has 134 valence electrons. The van der Waals surface area contributed by atoms with Gasteiger partial charge in [0.05, 0.1) is 5.75 Å². The summed E-state index contributed by atoms with van der Waals surface area (Å²) in [4.78, 5) is 11.9. The van der Waals surface area contributed by atoms with Crippen LogP contribution < -0.4 is 10.0 Å². The Labute approximate surface area is 145 Å². The van der Waals surface area contributed by atoms with Crippen molar-refractivity contribution in [3.63, 3.8) is 0 Å². The molecule has 2 N–H and O–H groups in total. The van der Waals surface area contributed by atoms with Crippen molar-refractivity contribution in [3.8, 4) is 0 Å². The largest absolute Gasteiger partial charge is 0.352 e. The van der Waals surface area contributed by atoms with Crippen LogP contribution in [0, 0.1) is 5.92 Å². The quantitative estimate of drug-likeness (QED) is 0.755. The molecule has 6 heteroatoms. The molecule has 0 heterocycles. The summed E-state index contributed by atoms with van der Waals surface area (Å²) < 4.78 is 26.4. The Kier molecular flexibility index (Phi) is 6.80. The van der Waals surface area contributed by atoms with E-state index in [1.807, 2.05) is 12.1 Å². The predicted octanol–water partition coefficient (Wildman–Crippen LogP) is 2.71. The van der Waals surface area contributed by atoms with E-state index in [1.165, 1.54) is 25.7 Å². The normalized spacial score (nSPS) is 15.8. The van der Waals surface area contributed by atoms with Gasteiger partial charge in [-0.3, -0.25) is 4.79 Å². The SMILES string of the molecule is CC(C)NS(=O)(=O)Cc1ccc(CNC(=O)CC2CCCC2)cc1. The molecule has 0 spiro atoms. The molecule has 0 aliphatic heterocycles. The highest BCUT2D eigenvalue weighted by Gasteiger charge is 2.18. The molecular weight excluding hydrogens is 324 g/mol. The van der Waals surface area contributed by atoms with Crippen molar-refractivity contribution < 1.29 is 13.2 Å². The second-order valence-corrected chi connectivity index (χ2v) is 8.73. The van der Waals surface area contributed by atoms with Crippen molar-refractivity contribution in [1.82, 2.24) is 10.0 Å². The molecule has 1 amide bonds. The predicted molar refractivity (Wildman–Crippen MR) is 95.8 cm³/mol. The van der Waals surface area contributed by atoms with E-state index in [4.69, 9.17) is 0 Å². The summed E-state index contributed by atoms with van der Waals surface area (Å²) in [6.07, 6.45) is 5.45. The molecule has 24 heavy (non-hydrogen) atoms. The van der Waals surface area contributed by atoms with E-state index in [2.05, 4.69) is 10.0 Å². The lowest BCUT2D eigenvalue weighted by Gasteiger charge is -2.11. The van der Waals surface area contributed by atoms with Gasteiger partial charge >= 0.3 is 0 Å². The van der Waals surface area contributed by atoms with Crippen molar-refractivity contribution >= 4 is 15.9 Å². The highest BCUT2D eigenvalue weighted by atomic mass is 32.2. The van der Waals surface area contributed by atoms with Crippen LogP contribution in [0.15, 0.2) is 24.3 Å². The van der Waals surface area contributed by atoms with Crippen molar-refractivity contribution in [2.24, 2.45) is 5.92 Å². The molecule has 0 saturated heterocycles. The number of sulfonamides is 1. The fraction of sp³-hybridized carbons (Fsp3) is 0.611. The first-order valence-electron chi connectivity index (χ1n) is 8.68. The lowest BCUT2D eigenvalue weighted by molar-refractivity contribution is -0.122. The summed E-state index contributed by atoms with van der Waals surface area (Å²) in [5.74, 6) is 0.625. The molecule has 1 saturated carbocycles. The number of hydrogen-bond acceptors (Lipinski definition) is 3. The topological polar surface area (TPSA) is 75.3 Å². The smallest absolute Gasteiger partial charge is 0.220 e. The highest BCUT2D eigenvalue weighted by molar-refractivity contribution is 7.88. The summed E-state index contributed by atoms with van der Waals surface area (Å²) in [5.41, 5.74) is 1.72. The molecule has 1 fully saturated rings. The fourth-order valence-corrected chi connectivity index (χ4v) is 4.56. The molecule has 1 aliphatic carbocycles. The van der Waals surface area contributed by atoms with Gasteiger partial charge in [-0.05, 0) is 43.7 Å². The number of hydrogen-bond donors (Lipinski definition) is 2. The first-order valence-corrected chi connectivity index (χ1v) is 10.3. The Balaban J connectivity index is 1.80. The molecular formula is C18H28N2O3S. The lowest BCUT2D eigenvalue weighted by atomic mass is 10.0. The maximum Gasteiger partial charge on any atom is 0.220 e. The van der Waals surface area contributed by atoms with Crippen LogP contribution in [0.1, 0.15) is 57.1 Å². The van der Waals surface area contributed by atoms with Gasteiger partial charge in [-0.2, -0.15) is 0 Å². The van der Waals surface area contributed by atoms with Crippen LogP contribution in [-0.4, -0.2) is 20.4 Å². The third-order valence-corrected chi connectivity index (χ3v) is 5.78. The Morgan fingerprint density at radius 3 is 2.29 bits per heavy atom. The first kappa shape index (κ1) is 18.9.